The van der Waals surface area contributed by atoms with Crippen molar-refractivity contribution in [1.29, 1.82) is 0 Å². The number of hydrogen-bond acceptors (Lipinski definition) is 2. The first kappa shape index (κ1) is 14.4. The van der Waals surface area contributed by atoms with Crippen molar-refractivity contribution in [1.82, 2.24) is 10.2 Å². The topological polar surface area (TPSA) is 15.3 Å². The van der Waals surface area contributed by atoms with Crippen LogP contribution in [0.2, 0.25) is 5.02 Å². The molecule has 2 nitrogen and oxygen atoms in total. The number of nitrogens with zero attached hydrogens (tertiary/aromatic N) is 1. The van der Waals surface area contributed by atoms with Crippen LogP contribution < -0.4 is 5.32 Å². The summed E-state index contributed by atoms with van der Waals surface area (Å²) in [4.78, 5) is 2.76. The fourth-order valence-electron chi connectivity index (χ4n) is 3.71. The van der Waals surface area contributed by atoms with E-state index in [2.05, 4.69) is 35.5 Å². The van der Waals surface area contributed by atoms with Gasteiger partial charge in [0.05, 0.1) is 0 Å². The fraction of sp³-hybridized carbons (Fsp3) is 0.647. The summed E-state index contributed by atoms with van der Waals surface area (Å²) in [5, 5.41) is 4.27. The lowest BCUT2D eigenvalue weighted by Crippen LogP contribution is -2.37. The first-order valence-corrected chi connectivity index (χ1v) is 8.33. The van der Waals surface area contributed by atoms with Crippen LogP contribution in [0.15, 0.2) is 24.3 Å². The average molecular weight is 293 g/mol. The summed E-state index contributed by atoms with van der Waals surface area (Å²) in [6.45, 7) is 2.35. The Hall–Kier alpha value is -0.570. The molecule has 2 unspecified atom stereocenters. The van der Waals surface area contributed by atoms with Crippen LogP contribution in [0.4, 0.5) is 0 Å². The van der Waals surface area contributed by atoms with E-state index < -0.39 is 0 Å². The monoisotopic (exact) mass is 292 g/mol. The molecular formula is C17H25ClN2. The van der Waals surface area contributed by atoms with Crippen molar-refractivity contribution in [2.24, 2.45) is 5.92 Å². The minimum atomic E-state index is 0.538. The van der Waals surface area contributed by atoms with Crippen molar-refractivity contribution in [2.45, 2.75) is 44.2 Å². The Kier molecular flexibility index (Phi) is 4.65. The first-order valence-electron chi connectivity index (χ1n) is 7.95. The molecule has 0 radical (unpaired) electrons. The van der Waals surface area contributed by atoms with Gasteiger partial charge in [-0.1, -0.05) is 30.2 Å². The predicted molar refractivity (Wildman–Crippen MR) is 85.2 cm³/mol. The third kappa shape index (κ3) is 3.19. The highest BCUT2D eigenvalue weighted by Gasteiger charge is 2.39. The molecule has 110 valence electrons. The molecule has 1 aromatic rings. The van der Waals surface area contributed by atoms with Crippen molar-refractivity contribution in [2.75, 3.05) is 20.1 Å². The van der Waals surface area contributed by atoms with E-state index in [0.717, 1.165) is 17.6 Å². The summed E-state index contributed by atoms with van der Waals surface area (Å²) in [5.74, 6) is 0.696. The van der Waals surface area contributed by atoms with E-state index in [1.807, 2.05) is 6.07 Å². The lowest BCUT2D eigenvalue weighted by molar-refractivity contribution is 0.145. The quantitative estimate of drug-likeness (QED) is 0.906. The van der Waals surface area contributed by atoms with Crippen LogP contribution in [0.25, 0.3) is 0 Å². The molecule has 0 bridgehead atoms. The van der Waals surface area contributed by atoms with E-state index in [9.17, 15) is 0 Å². The largest absolute Gasteiger partial charge is 0.319 e. The Bertz CT molecular complexity index is 444. The summed E-state index contributed by atoms with van der Waals surface area (Å²) in [7, 11) is 2.07. The highest BCUT2D eigenvalue weighted by molar-refractivity contribution is 6.30. The van der Waals surface area contributed by atoms with Crippen LogP contribution in [0, 0.1) is 5.92 Å². The lowest BCUT2D eigenvalue weighted by Gasteiger charge is -2.36. The Balaban J connectivity index is 1.92. The second-order valence-corrected chi connectivity index (χ2v) is 6.72. The number of halogens is 1. The Morgan fingerprint density at radius 1 is 1.25 bits per heavy atom. The minimum Gasteiger partial charge on any atom is -0.319 e. The molecule has 0 spiro atoms. The van der Waals surface area contributed by atoms with Crippen molar-refractivity contribution >= 4 is 11.6 Å². The molecule has 1 aromatic carbocycles. The summed E-state index contributed by atoms with van der Waals surface area (Å²) >= 11 is 6.24. The van der Waals surface area contributed by atoms with Crippen molar-refractivity contribution in [3.05, 3.63) is 34.9 Å². The lowest BCUT2D eigenvalue weighted by atomic mass is 9.89. The number of benzene rings is 1. The number of nitrogens with one attached hydrogen (secondary N) is 1. The summed E-state index contributed by atoms with van der Waals surface area (Å²) in [6, 6.07) is 9.88. The van der Waals surface area contributed by atoms with Crippen LogP contribution in [0.1, 0.15) is 43.7 Å². The van der Waals surface area contributed by atoms with Gasteiger partial charge in [0.15, 0.2) is 0 Å². The maximum absolute atomic E-state index is 6.24. The van der Waals surface area contributed by atoms with Crippen molar-refractivity contribution in [3.8, 4) is 0 Å². The fourth-order valence-corrected chi connectivity index (χ4v) is 3.91. The third-order valence-corrected chi connectivity index (χ3v) is 4.95. The van der Waals surface area contributed by atoms with E-state index >= 15 is 0 Å². The number of hydrogen-bond donors (Lipinski definition) is 1. The molecule has 1 aliphatic carbocycles. The third-order valence-electron chi connectivity index (χ3n) is 4.72. The van der Waals surface area contributed by atoms with Crippen LogP contribution in [0.3, 0.4) is 0 Å². The molecule has 1 saturated heterocycles. The Morgan fingerprint density at radius 2 is 2.10 bits per heavy atom. The summed E-state index contributed by atoms with van der Waals surface area (Å²) in [5.41, 5.74) is 1.41. The van der Waals surface area contributed by atoms with Gasteiger partial charge in [-0.2, -0.15) is 0 Å². The number of rotatable bonds is 4. The predicted octanol–water partition coefficient (Wildman–Crippen LogP) is 3.87. The van der Waals surface area contributed by atoms with E-state index in [1.165, 1.54) is 44.2 Å². The molecule has 1 heterocycles. The highest BCUT2D eigenvalue weighted by atomic mass is 35.5. The molecule has 2 atom stereocenters. The molecular weight excluding hydrogens is 268 g/mol. The van der Waals surface area contributed by atoms with Gasteiger partial charge < -0.3 is 5.32 Å². The standard InChI is InChI=1S/C17H25ClN2/c1-19-12-14-5-2-3-10-20(16-8-9-16)17(14)13-6-4-7-15(18)11-13/h4,6-7,11,14,16-17,19H,2-3,5,8-10,12H2,1H3. The van der Waals surface area contributed by atoms with E-state index in [-0.39, 0.29) is 0 Å². The maximum Gasteiger partial charge on any atom is 0.0409 e. The molecule has 3 heteroatoms. The normalized spacial score (nSPS) is 28.3. The molecule has 1 saturated carbocycles. The second kappa shape index (κ2) is 6.46. The van der Waals surface area contributed by atoms with Gasteiger partial charge in [0.25, 0.3) is 0 Å². The maximum atomic E-state index is 6.24. The van der Waals surface area contributed by atoms with Gasteiger partial charge in [-0.05, 0) is 69.4 Å². The minimum absolute atomic E-state index is 0.538. The molecule has 2 fully saturated rings. The van der Waals surface area contributed by atoms with Gasteiger partial charge in [-0.3, -0.25) is 4.90 Å². The van der Waals surface area contributed by atoms with Gasteiger partial charge in [-0.15, -0.1) is 0 Å². The smallest absolute Gasteiger partial charge is 0.0409 e. The zero-order chi connectivity index (χ0) is 13.9. The van der Waals surface area contributed by atoms with Crippen molar-refractivity contribution < 1.29 is 0 Å². The number of likely N-dealkylation sites (tertiary alicyclic amines) is 1. The van der Waals surface area contributed by atoms with E-state index in [4.69, 9.17) is 11.6 Å². The first-order chi connectivity index (χ1) is 9.79. The zero-order valence-corrected chi connectivity index (χ0v) is 13.1. The second-order valence-electron chi connectivity index (χ2n) is 6.28. The molecule has 1 N–H and O–H groups in total. The van der Waals surface area contributed by atoms with Crippen LogP contribution in [-0.4, -0.2) is 31.1 Å². The van der Waals surface area contributed by atoms with Crippen LogP contribution >= 0.6 is 11.6 Å². The van der Waals surface area contributed by atoms with Crippen LogP contribution in [-0.2, 0) is 0 Å². The van der Waals surface area contributed by atoms with Gasteiger partial charge >= 0.3 is 0 Å². The van der Waals surface area contributed by atoms with Crippen LogP contribution in [0.5, 0.6) is 0 Å². The summed E-state index contributed by atoms with van der Waals surface area (Å²) < 4.78 is 0. The van der Waals surface area contributed by atoms with E-state index in [1.54, 1.807) is 0 Å². The molecule has 3 rings (SSSR count). The van der Waals surface area contributed by atoms with Crippen molar-refractivity contribution in [3.63, 3.8) is 0 Å². The van der Waals surface area contributed by atoms with Gasteiger partial charge in [-0.25, -0.2) is 0 Å². The van der Waals surface area contributed by atoms with Gasteiger partial charge in [0.1, 0.15) is 0 Å². The van der Waals surface area contributed by atoms with E-state index in [0.29, 0.717) is 12.0 Å². The molecule has 1 aliphatic heterocycles. The summed E-state index contributed by atoms with van der Waals surface area (Å²) in [6.07, 6.45) is 6.77. The average Bonchev–Trinajstić information content (AvgIpc) is 3.25. The molecule has 2 aliphatic rings. The molecule has 0 amide bonds. The highest BCUT2D eigenvalue weighted by Crippen LogP contribution is 2.42. The van der Waals surface area contributed by atoms with Gasteiger partial charge in [0.2, 0.25) is 0 Å². The molecule has 0 aromatic heterocycles. The van der Waals surface area contributed by atoms with Gasteiger partial charge in [0, 0.05) is 17.1 Å². The zero-order valence-electron chi connectivity index (χ0n) is 12.3. The SMILES string of the molecule is CNCC1CCCCN(C2CC2)C1c1cccc(Cl)c1. The molecule has 20 heavy (non-hydrogen) atoms. The Labute approximate surface area is 127 Å². The Morgan fingerprint density at radius 3 is 2.80 bits per heavy atom.